The second-order valence-electron chi connectivity index (χ2n) is 7.11. The van der Waals surface area contributed by atoms with E-state index in [0.29, 0.717) is 11.4 Å². The van der Waals surface area contributed by atoms with Gasteiger partial charge in [-0.25, -0.2) is 8.42 Å². The topological polar surface area (TPSA) is 114 Å². The van der Waals surface area contributed by atoms with Gasteiger partial charge in [-0.1, -0.05) is 35.9 Å². The molecular formula is C23H23N3O5S. The molecule has 0 heterocycles. The SMILES string of the molecule is Cc1ccc(NS(=O)(=O)c2cccc(C(=O)NNC(=O)COc3cccc(C)c3)c2)cc1. The molecule has 0 saturated carbocycles. The number of anilines is 1. The van der Waals surface area contributed by atoms with Crippen LogP contribution in [0.4, 0.5) is 5.69 Å². The lowest BCUT2D eigenvalue weighted by Gasteiger charge is -2.11. The van der Waals surface area contributed by atoms with Gasteiger partial charge < -0.3 is 4.74 Å². The molecule has 0 aliphatic heterocycles. The summed E-state index contributed by atoms with van der Waals surface area (Å²) in [6, 6.07) is 19.6. The van der Waals surface area contributed by atoms with Gasteiger partial charge in [0.15, 0.2) is 6.61 Å². The lowest BCUT2D eigenvalue weighted by Crippen LogP contribution is -2.43. The molecule has 166 valence electrons. The maximum Gasteiger partial charge on any atom is 0.276 e. The highest BCUT2D eigenvalue weighted by molar-refractivity contribution is 7.92. The van der Waals surface area contributed by atoms with Crippen LogP contribution in [0, 0.1) is 13.8 Å². The molecule has 3 aromatic carbocycles. The fourth-order valence-corrected chi connectivity index (χ4v) is 3.83. The number of ether oxygens (including phenoxy) is 1. The van der Waals surface area contributed by atoms with Crippen molar-refractivity contribution in [1.82, 2.24) is 10.9 Å². The minimum absolute atomic E-state index is 0.0664. The van der Waals surface area contributed by atoms with Crippen LogP contribution in [-0.2, 0) is 14.8 Å². The van der Waals surface area contributed by atoms with Crippen LogP contribution in [0.5, 0.6) is 5.75 Å². The number of sulfonamides is 1. The van der Waals surface area contributed by atoms with Crippen LogP contribution in [0.25, 0.3) is 0 Å². The predicted octanol–water partition coefficient (Wildman–Crippen LogP) is 2.94. The third kappa shape index (κ3) is 6.32. The zero-order chi connectivity index (χ0) is 23.1. The van der Waals surface area contributed by atoms with E-state index in [9.17, 15) is 18.0 Å². The van der Waals surface area contributed by atoms with Crippen molar-refractivity contribution < 1.29 is 22.7 Å². The number of carbonyl (C=O) groups is 2. The zero-order valence-electron chi connectivity index (χ0n) is 17.6. The summed E-state index contributed by atoms with van der Waals surface area (Å²) in [6.45, 7) is 3.50. The minimum atomic E-state index is -3.89. The summed E-state index contributed by atoms with van der Waals surface area (Å²) in [5, 5.41) is 0. The molecule has 0 aliphatic carbocycles. The maximum absolute atomic E-state index is 12.6. The Balaban J connectivity index is 1.58. The van der Waals surface area contributed by atoms with E-state index in [-0.39, 0.29) is 17.1 Å². The number of nitrogens with one attached hydrogen (secondary N) is 3. The van der Waals surface area contributed by atoms with Crippen LogP contribution in [0.1, 0.15) is 21.5 Å². The summed E-state index contributed by atoms with van der Waals surface area (Å²) < 4.78 is 33.1. The van der Waals surface area contributed by atoms with Crippen molar-refractivity contribution in [2.75, 3.05) is 11.3 Å². The quantitative estimate of drug-likeness (QED) is 0.476. The number of carbonyl (C=O) groups excluding carboxylic acids is 2. The van der Waals surface area contributed by atoms with Crippen molar-refractivity contribution >= 4 is 27.5 Å². The van der Waals surface area contributed by atoms with Gasteiger partial charge in [-0.3, -0.25) is 25.2 Å². The highest BCUT2D eigenvalue weighted by Gasteiger charge is 2.17. The molecule has 3 aromatic rings. The highest BCUT2D eigenvalue weighted by Crippen LogP contribution is 2.18. The standard InChI is InChI=1S/C23H23N3O5S/c1-16-9-11-19(12-10-16)26-32(29,30)21-8-4-6-18(14-21)23(28)25-24-22(27)15-31-20-7-3-5-17(2)13-20/h3-14,26H,15H2,1-2H3,(H,24,27)(H,25,28). The van der Waals surface area contributed by atoms with Crippen LogP contribution in [-0.4, -0.2) is 26.8 Å². The third-order valence-electron chi connectivity index (χ3n) is 4.39. The van der Waals surface area contributed by atoms with Crippen molar-refractivity contribution in [3.8, 4) is 5.75 Å². The molecule has 9 heteroatoms. The molecule has 0 aliphatic rings. The number of hydrazine groups is 1. The molecule has 0 unspecified atom stereocenters. The lowest BCUT2D eigenvalue weighted by molar-refractivity contribution is -0.123. The van der Waals surface area contributed by atoms with E-state index in [2.05, 4.69) is 15.6 Å². The van der Waals surface area contributed by atoms with Gasteiger partial charge in [0.25, 0.3) is 21.8 Å². The van der Waals surface area contributed by atoms with E-state index in [1.807, 2.05) is 19.9 Å². The second-order valence-corrected chi connectivity index (χ2v) is 8.79. The Hall–Kier alpha value is -3.85. The van der Waals surface area contributed by atoms with Crippen molar-refractivity contribution in [1.29, 1.82) is 0 Å². The largest absolute Gasteiger partial charge is 0.484 e. The summed E-state index contributed by atoms with van der Waals surface area (Å²) >= 11 is 0. The first-order valence-electron chi connectivity index (χ1n) is 9.71. The first-order chi connectivity index (χ1) is 15.2. The monoisotopic (exact) mass is 453 g/mol. The Morgan fingerprint density at radius 2 is 1.56 bits per heavy atom. The lowest BCUT2D eigenvalue weighted by atomic mass is 10.2. The van der Waals surface area contributed by atoms with Gasteiger partial charge in [-0.15, -0.1) is 0 Å². The Morgan fingerprint density at radius 3 is 2.28 bits per heavy atom. The van der Waals surface area contributed by atoms with Crippen LogP contribution in [0.3, 0.4) is 0 Å². The third-order valence-corrected chi connectivity index (χ3v) is 5.76. The number of amides is 2. The Labute approximate surface area is 186 Å². The van der Waals surface area contributed by atoms with Gasteiger partial charge in [0.1, 0.15) is 5.75 Å². The number of benzene rings is 3. The number of hydrogen-bond donors (Lipinski definition) is 3. The molecule has 0 spiro atoms. The van der Waals surface area contributed by atoms with E-state index in [1.165, 1.54) is 24.3 Å². The van der Waals surface area contributed by atoms with Crippen LogP contribution in [0.2, 0.25) is 0 Å². The Morgan fingerprint density at radius 1 is 0.844 bits per heavy atom. The molecule has 0 fully saturated rings. The number of aryl methyl sites for hydroxylation is 2. The van der Waals surface area contributed by atoms with E-state index < -0.39 is 21.8 Å². The number of hydrogen-bond acceptors (Lipinski definition) is 5. The summed E-state index contributed by atoms with van der Waals surface area (Å²) in [6.07, 6.45) is 0. The first-order valence-corrected chi connectivity index (χ1v) is 11.2. The normalized spacial score (nSPS) is 10.8. The molecule has 2 amide bonds. The average Bonchev–Trinajstić information content (AvgIpc) is 2.77. The Bertz CT molecular complexity index is 1220. The molecular weight excluding hydrogens is 430 g/mol. The molecule has 0 aromatic heterocycles. The first kappa shape index (κ1) is 22.8. The van der Waals surface area contributed by atoms with Gasteiger partial charge in [0, 0.05) is 11.3 Å². The van der Waals surface area contributed by atoms with Crippen LogP contribution in [0.15, 0.2) is 77.7 Å². The molecule has 3 rings (SSSR count). The summed E-state index contributed by atoms with van der Waals surface area (Å²) in [4.78, 5) is 24.2. The maximum atomic E-state index is 12.6. The number of rotatable bonds is 7. The molecule has 3 N–H and O–H groups in total. The van der Waals surface area contributed by atoms with E-state index in [4.69, 9.17) is 4.74 Å². The summed E-state index contributed by atoms with van der Waals surface area (Å²) in [7, 11) is -3.89. The van der Waals surface area contributed by atoms with Crippen molar-refractivity contribution in [3.63, 3.8) is 0 Å². The highest BCUT2D eigenvalue weighted by atomic mass is 32.2. The van der Waals surface area contributed by atoms with Crippen molar-refractivity contribution in [2.24, 2.45) is 0 Å². The fraction of sp³-hybridized carbons (Fsp3) is 0.130. The van der Waals surface area contributed by atoms with Crippen LogP contribution >= 0.6 is 0 Å². The van der Waals surface area contributed by atoms with Crippen molar-refractivity contribution in [2.45, 2.75) is 18.7 Å². The molecule has 0 bridgehead atoms. The van der Waals surface area contributed by atoms with E-state index >= 15 is 0 Å². The Kier molecular flexibility index (Phi) is 7.11. The fourth-order valence-electron chi connectivity index (χ4n) is 2.73. The van der Waals surface area contributed by atoms with Crippen LogP contribution < -0.4 is 20.3 Å². The molecule has 0 atom stereocenters. The van der Waals surface area contributed by atoms with E-state index in [1.54, 1.807) is 42.5 Å². The second kappa shape index (κ2) is 9.97. The van der Waals surface area contributed by atoms with Gasteiger partial charge >= 0.3 is 0 Å². The van der Waals surface area contributed by atoms with E-state index in [0.717, 1.165) is 11.1 Å². The smallest absolute Gasteiger partial charge is 0.276 e. The predicted molar refractivity (Wildman–Crippen MR) is 121 cm³/mol. The molecule has 32 heavy (non-hydrogen) atoms. The average molecular weight is 454 g/mol. The van der Waals surface area contributed by atoms with Crippen molar-refractivity contribution in [3.05, 3.63) is 89.5 Å². The molecule has 0 radical (unpaired) electrons. The van der Waals surface area contributed by atoms with Gasteiger partial charge in [-0.2, -0.15) is 0 Å². The summed E-state index contributed by atoms with van der Waals surface area (Å²) in [5.41, 5.74) is 6.95. The molecule has 0 saturated heterocycles. The van der Waals surface area contributed by atoms with Gasteiger partial charge in [-0.05, 0) is 61.9 Å². The minimum Gasteiger partial charge on any atom is -0.484 e. The molecule has 8 nitrogen and oxygen atoms in total. The van der Waals surface area contributed by atoms with Gasteiger partial charge in [0.2, 0.25) is 0 Å². The van der Waals surface area contributed by atoms with Gasteiger partial charge in [0.05, 0.1) is 4.90 Å². The zero-order valence-corrected chi connectivity index (χ0v) is 18.4. The summed E-state index contributed by atoms with van der Waals surface area (Å²) in [5.74, 6) is -0.698.